The van der Waals surface area contributed by atoms with Crippen LogP contribution in [-0.4, -0.2) is 0 Å². The molecule has 0 spiro atoms. The van der Waals surface area contributed by atoms with Crippen molar-refractivity contribution in [2.45, 2.75) is 78.6 Å². The highest BCUT2D eigenvalue weighted by atomic mass is 14.1. The third-order valence-corrected chi connectivity index (χ3v) is 3.90. The van der Waals surface area contributed by atoms with Gasteiger partial charge in [-0.2, -0.15) is 0 Å². The van der Waals surface area contributed by atoms with Crippen molar-refractivity contribution in [3.8, 4) is 0 Å². The molecule has 0 radical (unpaired) electrons. The second-order valence-electron chi connectivity index (χ2n) is 6.13. The number of benzene rings is 1. The fourth-order valence-electron chi connectivity index (χ4n) is 2.59. The van der Waals surface area contributed by atoms with Crippen LogP contribution in [0.5, 0.6) is 0 Å². The van der Waals surface area contributed by atoms with E-state index in [1.807, 2.05) is 0 Å². The van der Waals surface area contributed by atoms with Crippen LogP contribution in [0.2, 0.25) is 0 Å². The largest absolute Gasteiger partial charge is 0.0815 e. The molecule has 0 aliphatic carbocycles. The van der Waals surface area contributed by atoms with Gasteiger partial charge in [0.1, 0.15) is 0 Å². The van der Waals surface area contributed by atoms with Crippen molar-refractivity contribution in [2.75, 3.05) is 0 Å². The van der Waals surface area contributed by atoms with Gasteiger partial charge in [0.15, 0.2) is 0 Å². The monoisotopic (exact) mass is 272 g/mol. The van der Waals surface area contributed by atoms with Gasteiger partial charge >= 0.3 is 0 Å². The smallest absolute Gasteiger partial charge is 0.00922 e. The molecule has 0 aliphatic rings. The summed E-state index contributed by atoms with van der Waals surface area (Å²) in [5.74, 6) is 0. The van der Waals surface area contributed by atoms with Crippen molar-refractivity contribution in [3.63, 3.8) is 0 Å². The Balaban J connectivity index is 2.30. The highest BCUT2D eigenvalue weighted by Crippen LogP contribution is 2.15. The van der Waals surface area contributed by atoms with Crippen LogP contribution in [0.3, 0.4) is 0 Å². The first-order valence-corrected chi connectivity index (χ1v) is 8.44. The van der Waals surface area contributed by atoms with E-state index >= 15 is 0 Å². The molecular formula is C20H32. The molecular weight excluding hydrogens is 240 g/mol. The van der Waals surface area contributed by atoms with Crippen molar-refractivity contribution >= 4 is 0 Å². The highest BCUT2D eigenvalue weighted by molar-refractivity contribution is 5.29. The third kappa shape index (κ3) is 7.53. The van der Waals surface area contributed by atoms with Crippen LogP contribution in [0.15, 0.2) is 35.9 Å². The zero-order chi connectivity index (χ0) is 14.6. The molecule has 112 valence electrons. The van der Waals surface area contributed by atoms with Gasteiger partial charge in [0.25, 0.3) is 0 Å². The summed E-state index contributed by atoms with van der Waals surface area (Å²) in [5, 5.41) is 0. The highest BCUT2D eigenvalue weighted by Gasteiger charge is 2.00. The third-order valence-electron chi connectivity index (χ3n) is 3.90. The standard InChI is InChI=1S/C20H32/c1-4-5-6-7-8-9-10-13-19-14-11-12-15-20(19)17-16-18(2)3/h11-12,14-16H,4-10,13,17H2,1-3H3. The van der Waals surface area contributed by atoms with Crippen molar-refractivity contribution in [2.24, 2.45) is 0 Å². The summed E-state index contributed by atoms with van der Waals surface area (Å²) in [6.07, 6.45) is 14.4. The lowest BCUT2D eigenvalue weighted by Gasteiger charge is -2.08. The zero-order valence-electron chi connectivity index (χ0n) is 13.8. The molecule has 1 aromatic carbocycles. The van der Waals surface area contributed by atoms with Gasteiger partial charge in [-0.15, -0.1) is 0 Å². The topological polar surface area (TPSA) is 0 Å². The molecule has 0 nitrogen and oxygen atoms in total. The van der Waals surface area contributed by atoms with Gasteiger partial charge in [0.2, 0.25) is 0 Å². The molecule has 0 unspecified atom stereocenters. The predicted octanol–water partition coefficient (Wildman–Crippen LogP) is 6.49. The maximum atomic E-state index is 2.34. The average Bonchev–Trinajstić information content (AvgIpc) is 2.45. The zero-order valence-corrected chi connectivity index (χ0v) is 13.8. The lowest BCUT2D eigenvalue weighted by atomic mass is 9.98. The maximum absolute atomic E-state index is 2.34. The van der Waals surface area contributed by atoms with E-state index in [1.165, 1.54) is 62.5 Å². The molecule has 0 N–H and O–H groups in total. The Morgan fingerprint density at radius 3 is 2.10 bits per heavy atom. The summed E-state index contributed by atoms with van der Waals surface area (Å²) in [6.45, 7) is 6.64. The van der Waals surface area contributed by atoms with Crippen molar-refractivity contribution in [3.05, 3.63) is 47.0 Å². The number of allylic oxidation sites excluding steroid dienone is 2. The van der Waals surface area contributed by atoms with Gasteiger partial charge in [-0.1, -0.05) is 81.4 Å². The van der Waals surface area contributed by atoms with E-state index in [0.717, 1.165) is 6.42 Å². The molecule has 0 heterocycles. The first-order valence-electron chi connectivity index (χ1n) is 8.44. The fourth-order valence-corrected chi connectivity index (χ4v) is 2.59. The van der Waals surface area contributed by atoms with E-state index in [-0.39, 0.29) is 0 Å². The number of aryl methyl sites for hydroxylation is 1. The maximum Gasteiger partial charge on any atom is -0.00922 e. The first-order chi connectivity index (χ1) is 9.74. The minimum absolute atomic E-state index is 1.09. The van der Waals surface area contributed by atoms with Crippen LogP contribution in [0, 0.1) is 0 Å². The Bertz CT molecular complexity index is 383. The molecule has 0 fully saturated rings. The summed E-state index contributed by atoms with van der Waals surface area (Å²) in [6, 6.07) is 8.95. The Hall–Kier alpha value is -1.04. The second kappa shape index (κ2) is 10.7. The normalized spacial score (nSPS) is 10.6. The molecule has 0 bridgehead atoms. The minimum Gasteiger partial charge on any atom is -0.0815 e. The van der Waals surface area contributed by atoms with Gasteiger partial charge in [0.05, 0.1) is 0 Å². The van der Waals surface area contributed by atoms with Gasteiger partial charge in [-0.05, 0) is 44.2 Å². The first kappa shape index (κ1) is 17.0. The van der Waals surface area contributed by atoms with Crippen LogP contribution in [0.4, 0.5) is 0 Å². The van der Waals surface area contributed by atoms with E-state index < -0.39 is 0 Å². The molecule has 1 aromatic rings. The van der Waals surface area contributed by atoms with Crippen LogP contribution in [-0.2, 0) is 12.8 Å². The van der Waals surface area contributed by atoms with E-state index in [9.17, 15) is 0 Å². The molecule has 1 rings (SSSR count). The summed E-state index contributed by atoms with van der Waals surface area (Å²) in [4.78, 5) is 0. The minimum atomic E-state index is 1.09. The number of hydrogen-bond acceptors (Lipinski definition) is 0. The molecule has 0 amide bonds. The van der Waals surface area contributed by atoms with Gasteiger partial charge < -0.3 is 0 Å². The van der Waals surface area contributed by atoms with Gasteiger partial charge in [-0.25, -0.2) is 0 Å². The van der Waals surface area contributed by atoms with E-state index in [1.54, 1.807) is 5.56 Å². The summed E-state index contributed by atoms with van der Waals surface area (Å²) >= 11 is 0. The lowest BCUT2D eigenvalue weighted by Crippen LogP contribution is -1.94. The number of rotatable bonds is 10. The molecule has 0 saturated heterocycles. The van der Waals surface area contributed by atoms with Crippen molar-refractivity contribution in [1.29, 1.82) is 0 Å². The Morgan fingerprint density at radius 1 is 0.850 bits per heavy atom. The van der Waals surface area contributed by atoms with Crippen LogP contribution in [0.1, 0.15) is 76.8 Å². The molecule has 0 aromatic heterocycles. The van der Waals surface area contributed by atoms with Crippen LogP contribution >= 0.6 is 0 Å². The summed E-state index contributed by atoms with van der Waals surface area (Å²) < 4.78 is 0. The molecule has 0 atom stereocenters. The summed E-state index contributed by atoms with van der Waals surface area (Å²) in [7, 11) is 0. The van der Waals surface area contributed by atoms with E-state index in [4.69, 9.17) is 0 Å². The molecule has 0 saturated carbocycles. The van der Waals surface area contributed by atoms with E-state index in [0.29, 0.717) is 0 Å². The fraction of sp³-hybridized carbons (Fsp3) is 0.600. The molecule has 20 heavy (non-hydrogen) atoms. The quantitative estimate of drug-likeness (QED) is 0.337. The SMILES string of the molecule is CCCCCCCCCc1ccccc1CC=C(C)C. The number of hydrogen-bond donors (Lipinski definition) is 0. The predicted molar refractivity (Wildman–Crippen MR) is 91.3 cm³/mol. The summed E-state index contributed by atoms with van der Waals surface area (Å²) in [5.41, 5.74) is 4.48. The second-order valence-corrected chi connectivity index (χ2v) is 6.13. The molecule has 0 aliphatic heterocycles. The van der Waals surface area contributed by atoms with E-state index in [2.05, 4.69) is 51.1 Å². The molecule has 0 heteroatoms. The average molecular weight is 272 g/mol. The van der Waals surface area contributed by atoms with Crippen LogP contribution < -0.4 is 0 Å². The van der Waals surface area contributed by atoms with Gasteiger partial charge in [-0.3, -0.25) is 0 Å². The van der Waals surface area contributed by atoms with Gasteiger partial charge in [0, 0.05) is 0 Å². The van der Waals surface area contributed by atoms with Crippen molar-refractivity contribution < 1.29 is 0 Å². The van der Waals surface area contributed by atoms with Crippen molar-refractivity contribution in [1.82, 2.24) is 0 Å². The Labute approximate surface area is 126 Å². The number of unbranched alkanes of at least 4 members (excludes halogenated alkanes) is 6. The Morgan fingerprint density at radius 2 is 1.45 bits per heavy atom. The Kier molecular flexibility index (Phi) is 9.11. The van der Waals surface area contributed by atoms with Crippen LogP contribution in [0.25, 0.3) is 0 Å². The lowest BCUT2D eigenvalue weighted by molar-refractivity contribution is 0.589.